The Labute approximate surface area is 129 Å². The lowest BCUT2D eigenvalue weighted by Crippen LogP contribution is -2.43. The van der Waals surface area contributed by atoms with Crippen LogP contribution in [-0.2, 0) is 4.74 Å². The molecule has 22 heavy (non-hydrogen) atoms. The lowest BCUT2D eigenvalue weighted by atomic mass is 10.1. The van der Waals surface area contributed by atoms with E-state index < -0.39 is 0 Å². The summed E-state index contributed by atoms with van der Waals surface area (Å²) >= 11 is 0. The number of nitrogens with zero attached hydrogens (tertiary/aromatic N) is 1. The zero-order valence-corrected chi connectivity index (χ0v) is 12.7. The molecular formula is C17H19NO4. The number of hydrogen-bond donors (Lipinski definition) is 0. The van der Waals surface area contributed by atoms with Crippen molar-refractivity contribution in [3.8, 4) is 5.75 Å². The van der Waals surface area contributed by atoms with E-state index in [-0.39, 0.29) is 11.9 Å². The second kappa shape index (κ2) is 6.23. The van der Waals surface area contributed by atoms with Crippen molar-refractivity contribution >= 4 is 5.91 Å². The largest absolute Gasteiger partial charge is 0.497 e. The highest BCUT2D eigenvalue weighted by molar-refractivity contribution is 5.94. The lowest BCUT2D eigenvalue weighted by molar-refractivity contribution is -0.00895. The summed E-state index contributed by atoms with van der Waals surface area (Å²) in [7, 11) is 1.61. The van der Waals surface area contributed by atoms with Gasteiger partial charge in [-0.2, -0.15) is 0 Å². The highest BCUT2D eigenvalue weighted by Crippen LogP contribution is 2.27. The second-order valence-corrected chi connectivity index (χ2v) is 5.27. The zero-order valence-electron chi connectivity index (χ0n) is 12.7. The van der Waals surface area contributed by atoms with Crippen molar-refractivity contribution in [2.45, 2.75) is 13.0 Å². The summed E-state index contributed by atoms with van der Waals surface area (Å²) in [5, 5.41) is 0. The standard InChI is InChI=1S/C17H19NO4/c1-12-3-8-16(22-12)15-11-21-10-9-18(15)17(19)13-4-6-14(20-2)7-5-13/h3-8,15H,9-11H2,1-2H3/t15-/m1/s1. The Hall–Kier alpha value is -2.27. The number of ether oxygens (including phenoxy) is 2. The number of furan rings is 1. The van der Waals surface area contributed by atoms with Crippen molar-refractivity contribution in [3.63, 3.8) is 0 Å². The number of benzene rings is 1. The van der Waals surface area contributed by atoms with E-state index in [1.165, 1.54) is 0 Å². The number of amides is 1. The van der Waals surface area contributed by atoms with Gasteiger partial charge in [-0.05, 0) is 43.3 Å². The van der Waals surface area contributed by atoms with Gasteiger partial charge < -0.3 is 18.8 Å². The molecule has 0 saturated carbocycles. The Bertz CT molecular complexity index is 647. The van der Waals surface area contributed by atoms with E-state index >= 15 is 0 Å². The van der Waals surface area contributed by atoms with E-state index in [0.29, 0.717) is 25.3 Å². The predicted octanol–water partition coefficient (Wildman–Crippen LogP) is 2.81. The number of rotatable bonds is 3. The van der Waals surface area contributed by atoms with Gasteiger partial charge in [0, 0.05) is 12.1 Å². The fourth-order valence-corrected chi connectivity index (χ4v) is 2.61. The third-order valence-corrected chi connectivity index (χ3v) is 3.82. The van der Waals surface area contributed by atoms with Gasteiger partial charge in [0.15, 0.2) is 0 Å². The van der Waals surface area contributed by atoms with Crippen LogP contribution in [-0.4, -0.2) is 37.7 Å². The third-order valence-electron chi connectivity index (χ3n) is 3.82. The molecule has 1 aliphatic heterocycles. The van der Waals surface area contributed by atoms with Gasteiger partial charge in [0.2, 0.25) is 0 Å². The van der Waals surface area contributed by atoms with Crippen molar-refractivity contribution in [2.24, 2.45) is 0 Å². The second-order valence-electron chi connectivity index (χ2n) is 5.27. The fraction of sp³-hybridized carbons (Fsp3) is 0.353. The molecule has 1 amide bonds. The first kappa shape index (κ1) is 14.7. The first-order valence-electron chi connectivity index (χ1n) is 7.28. The molecule has 3 rings (SSSR count). The van der Waals surface area contributed by atoms with Crippen LogP contribution in [0.4, 0.5) is 0 Å². The summed E-state index contributed by atoms with van der Waals surface area (Å²) in [5.74, 6) is 2.30. The Balaban J connectivity index is 1.84. The first-order chi connectivity index (χ1) is 10.7. The maximum Gasteiger partial charge on any atom is 0.254 e. The minimum atomic E-state index is -0.183. The van der Waals surface area contributed by atoms with E-state index in [1.54, 1.807) is 31.4 Å². The average molecular weight is 301 g/mol. The molecule has 2 aromatic rings. The Morgan fingerprint density at radius 2 is 2.00 bits per heavy atom. The normalized spacial score (nSPS) is 18.3. The van der Waals surface area contributed by atoms with Gasteiger partial charge in [0.05, 0.1) is 20.3 Å². The van der Waals surface area contributed by atoms with E-state index in [4.69, 9.17) is 13.9 Å². The van der Waals surface area contributed by atoms with Gasteiger partial charge in [-0.25, -0.2) is 0 Å². The SMILES string of the molecule is COc1ccc(C(=O)N2CCOC[C@@H]2c2ccc(C)o2)cc1. The molecule has 1 saturated heterocycles. The molecule has 0 bridgehead atoms. The topological polar surface area (TPSA) is 51.9 Å². The number of carbonyl (C=O) groups excluding carboxylic acids is 1. The zero-order chi connectivity index (χ0) is 15.5. The summed E-state index contributed by atoms with van der Waals surface area (Å²) in [6.45, 7) is 3.44. The number of carbonyl (C=O) groups is 1. The number of methoxy groups -OCH3 is 1. The summed E-state index contributed by atoms with van der Waals surface area (Å²) in [4.78, 5) is 14.6. The molecule has 0 unspecified atom stereocenters. The molecule has 5 heteroatoms. The monoisotopic (exact) mass is 301 g/mol. The first-order valence-corrected chi connectivity index (χ1v) is 7.28. The van der Waals surface area contributed by atoms with E-state index in [0.717, 1.165) is 17.3 Å². The van der Waals surface area contributed by atoms with E-state index in [2.05, 4.69) is 0 Å². The van der Waals surface area contributed by atoms with Crippen LogP contribution in [0.5, 0.6) is 5.75 Å². The van der Waals surface area contributed by atoms with Crippen LogP contribution < -0.4 is 4.74 Å². The molecule has 5 nitrogen and oxygen atoms in total. The van der Waals surface area contributed by atoms with Gasteiger partial charge in [-0.3, -0.25) is 4.79 Å². The van der Waals surface area contributed by atoms with Crippen LogP contribution >= 0.6 is 0 Å². The van der Waals surface area contributed by atoms with Gasteiger partial charge in [-0.1, -0.05) is 0 Å². The molecule has 1 atom stereocenters. The summed E-state index contributed by atoms with van der Waals surface area (Å²) in [5.41, 5.74) is 0.635. The molecule has 0 aliphatic carbocycles. The molecule has 116 valence electrons. The van der Waals surface area contributed by atoms with Crippen LogP contribution in [0.1, 0.15) is 27.9 Å². The van der Waals surface area contributed by atoms with Gasteiger partial charge in [0.25, 0.3) is 5.91 Å². The van der Waals surface area contributed by atoms with Crippen molar-refractivity contribution < 1.29 is 18.7 Å². The molecule has 1 fully saturated rings. The minimum absolute atomic E-state index is 0.0231. The van der Waals surface area contributed by atoms with E-state index in [9.17, 15) is 4.79 Å². The summed E-state index contributed by atoms with van der Waals surface area (Å²) in [6, 6.07) is 10.8. The van der Waals surface area contributed by atoms with Gasteiger partial charge >= 0.3 is 0 Å². The average Bonchev–Trinajstić information content (AvgIpc) is 3.00. The quantitative estimate of drug-likeness (QED) is 0.875. The molecular weight excluding hydrogens is 282 g/mol. The third kappa shape index (κ3) is 2.85. The van der Waals surface area contributed by atoms with Crippen LogP contribution in [0, 0.1) is 6.92 Å². The highest BCUT2D eigenvalue weighted by Gasteiger charge is 2.31. The van der Waals surface area contributed by atoms with Crippen LogP contribution in [0.2, 0.25) is 0 Å². The summed E-state index contributed by atoms with van der Waals surface area (Å²) < 4.78 is 16.3. The van der Waals surface area contributed by atoms with Gasteiger partial charge in [0.1, 0.15) is 23.3 Å². The predicted molar refractivity (Wildman–Crippen MR) is 81.0 cm³/mol. The molecule has 0 radical (unpaired) electrons. The van der Waals surface area contributed by atoms with Crippen molar-refractivity contribution in [3.05, 3.63) is 53.5 Å². The summed E-state index contributed by atoms with van der Waals surface area (Å²) in [6.07, 6.45) is 0. The van der Waals surface area contributed by atoms with Crippen molar-refractivity contribution in [1.82, 2.24) is 4.90 Å². The highest BCUT2D eigenvalue weighted by atomic mass is 16.5. The van der Waals surface area contributed by atoms with Crippen molar-refractivity contribution in [1.29, 1.82) is 0 Å². The van der Waals surface area contributed by atoms with E-state index in [1.807, 2.05) is 24.0 Å². The van der Waals surface area contributed by atoms with Gasteiger partial charge in [-0.15, -0.1) is 0 Å². The van der Waals surface area contributed by atoms with Crippen LogP contribution in [0.15, 0.2) is 40.8 Å². The molecule has 1 aromatic heterocycles. The molecule has 0 N–H and O–H groups in total. The maximum atomic E-state index is 12.8. The fourth-order valence-electron chi connectivity index (χ4n) is 2.61. The van der Waals surface area contributed by atoms with Crippen LogP contribution in [0.3, 0.4) is 0 Å². The Morgan fingerprint density at radius 1 is 1.23 bits per heavy atom. The maximum absolute atomic E-state index is 12.8. The Kier molecular flexibility index (Phi) is 4.15. The molecule has 2 heterocycles. The number of aryl methyl sites for hydroxylation is 1. The lowest BCUT2D eigenvalue weighted by Gasteiger charge is -2.34. The molecule has 1 aliphatic rings. The molecule has 0 spiro atoms. The number of hydrogen-bond acceptors (Lipinski definition) is 4. The minimum Gasteiger partial charge on any atom is -0.497 e. The van der Waals surface area contributed by atoms with Crippen LogP contribution in [0.25, 0.3) is 0 Å². The number of morpholine rings is 1. The molecule has 1 aromatic carbocycles. The van der Waals surface area contributed by atoms with Crippen molar-refractivity contribution in [2.75, 3.05) is 26.9 Å². The Morgan fingerprint density at radius 3 is 2.64 bits per heavy atom. The smallest absolute Gasteiger partial charge is 0.254 e.